The standard InChI is InChI=1S/C49H32N4/c1-4-12-32(13-5-1)37-30-44(33-14-6-2-7-15-33)50-47(31-37)53-45-19-11-10-18-39(45)42-29-36(22-25-46(42)53)35-21-24-43-41(28-35)40-23-20-34-26-27-52(49(34)48(40)51-43)38-16-8-3-9-17-38/h1-31,51H. The molecule has 11 rings (SSSR count). The van der Waals surface area contributed by atoms with E-state index in [1.54, 1.807) is 0 Å². The Kier molecular flexibility index (Phi) is 6.52. The lowest BCUT2D eigenvalue weighted by Crippen LogP contribution is -2.00. The quantitative estimate of drug-likeness (QED) is 0.194. The molecule has 4 heterocycles. The van der Waals surface area contributed by atoms with Crippen molar-refractivity contribution in [2.75, 3.05) is 0 Å². The number of nitrogens with zero attached hydrogens (tertiary/aromatic N) is 3. The molecule has 0 bridgehead atoms. The zero-order chi connectivity index (χ0) is 34.9. The summed E-state index contributed by atoms with van der Waals surface area (Å²) in [5.74, 6) is 0.899. The van der Waals surface area contributed by atoms with E-state index in [-0.39, 0.29) is 0 Å². The molecule has 0 atom stereocenters. The third kappa shape index (κ3) is 4.73. The number of rotatable bonds is 5. The van der Waals surface area contributed by atoms with Crippen LogP contribution in [0.5, 0.6) is 0 Å². The topological polar surface area (TPSA) is 38.5 Å². The zero-order valence-corrected chi connectivity index (χ0v) is 28.7. The Morgan fingerprint density at radius 1 is 0.434 bits per heavy atom. The molecule has 0 aliphatic heterocycles. The Morgan fingerprint density at radius 2 is 1.11 bits per heavy atom. The van der Waals surface area contributed by atoms with Gasteiger partial charge in [-0.15, -0.1) is 0 Å². The van der Waals surface area contributed by atoms with Gasteiger partial charge in [0.15, 0.2) is 0 Å². The minimum Gasteiger partial charge on any atom is -0.353 e. The van der Waals surface area contributed by atoms with E-state index in [2.05, 4.69) is 202 Å². The van der Waals surface area contributed by atoms with Gasteiger partial charge in [-0.1, -0.05) is 121 Å². The second kappa shape index (κ2) is 11.7. The summed E-state index contributed by atoms with van der Waals surface area (Å²) in [6.07, 6.45) is 2.16. The van der Waals surface area contributed by atoms with Gasteiger partial charge in [-0.3, -0.25) is 4.57 Å². The lowest BCUT2D eigenvalue weighted by atomic mass is 10.0. The Balaban J connectivity index is 1.08. The monoisotopic (exact) mass is 676 g/mol. The van der Waals surface area contributed by atoms with E-state index in [1.807, 2.05) is 0 Å². The van der Waals surface area contributed by atoms with Crippen molar-refractivity contribution in [3.8, 4) is 45.0 Å². The number of para-hydroxylation sites is 2. The molecule has 0 saturated heterocycles. The van der Waals surface area contributed by atoms with Gasteiger partial charge in [-0.25, -0.2) is 4.98 Å². The lowest BCUT2D eigenvalue weighted by molar-refractivity contribution is 1.08. The molecule has 0 radical (unpaired) electrons. The minimum atomic E-state index is 0.899. The summed E-state index contributed by atoms with van der Waals surface area (Å²) < 4.78 is 4.61. The number of nitrogens with one attached hydrogen (secondary N) is 1. The maximum absolute atomic E-state index is 5.31. The fraction of sp³-hybridized carbons (Fsp3) is 0. The molecule has 0 amide bonds. The van der Waals surface area contributed by atoms with Gasteiger partial charge in [-0.05, 0) is 82.9 Å². The third-order valence-corrected chi connectivity index (χ3v) is 10.7. The maximum Gasteiger partial charge on any atom is 0.138 e. The van der Waals surface area contributed by atoms with Gasteiger partial charge >= 0.3 is 0 Å². The van der Waals surface area contributed by atoms with Crippen molar-refractivity contribution in [1.82, 2.24) is 19.1 Å². The van der Waals surface area contributed by atoms with E-state index in [0.717, 1.165) is 56.0 Å². The van der Waals surface area contributed by atoms with Crippen LogP contribution in [0.25, 0.3) is 99.5 Å². The fourth-order valence-electron chi connectivity index (χ4n) is 8.16. The van der Waals surface area contributed by atoms with Gasteiger partial charge in [0, 0.05) is 49.9 Å². The highest BCUT2D eigenvalue weighted by molar-refractivity contribution is 6.17. The number of hydrogen-bond donors (Lipinski definition) is 1. The molecule has 248 valence electrons. The van der Waals surface area contributed by atoms with Gasteiger partial charge in [0.1, 0.15) is 5.82 Å². The number of aromatic amines is 1. The number of benzene rings is 7. The summed E-state index contributed by atoms with van der Waals surface area (Å²) in [7, 11) is 0. The van der Waals surface area contributed by atoms with Crippen molar-refractivity contribution >= 4 is 54.5 Å². The van der Waals surface area contributed by atoms with Gasteiger partial charge < -0.3 is 9.55 Å². The minimum absolute atomic E-state index is 0.899. The zero-order valence-electron chi connectivity index (χ0n) is 28.7. The lowest BCUT2D eigenvalue weighted by Gasteiger charge is -2.13. The first kappa shape index (κ1) is 29.5. The van der Waals surface area contributed by atoms with Crippen LogP contribution in [0.15, 0.2) is 188 Å². The van der Waals surface area contributed by atoms with E-state index < -0.39 is 0 Å². The maximum atomic E-state index is 5.31. The first-order valence-electron chi connectivity index (χ1n) is 18.0. The summed E-state index contributed by atoms with van der Waals surface area (Å²) in [6, 6.07) is 65.1. The number of pyridine rings is 1. The van der Waals surface area contributed by atoms with Crippen LogP contribution in [-0.2, 0) is 0 Å². The molecule has 4 nitrogen and oxygen atoms in total. The van der Waals surface area contributed by atoms with Gasteiger partial charge in [-0.2, -0.15) is 0 Å². The third-order valence-electron chi connectivity index (χ3n) is 10.7. The second-order valence-corrected chi connectivity index (χ2v) is 13.7. The Bertz CT molecular complexity index is 3090. The number of hydrogen-bond acceptors (Lipinski definition) is 1. The summed E-state index contributed by atoms with van der Waals surface area (Å²) in [5.41, 5.74) is 13.6. The van der Waals surface area contributed by atoms with Crippen molar-refractivity contribution in [2.24, 2.45) is 0 Å². The second-order valence-electron chi connectivity index (χ2n) is 13.7. The average Bonchev–Trinajstić information content (AvgIpc) is 3.93. The first-order chi connectivity index (χ1) is 26.3. The molecule has 0 aliphatic rings. The number of fused-ring (bicyclic) bond motifs is 8. The number of aromatic nitrogens is 4. The first-order valence-corrected chi connectivity index (χ1v) is 18.0. The molecule has 11 aromatic rings. The van der Waals surface area contributed by atoms with Gasteiger partial charge in [0.2, 0.25) is 0 Å². The molecule has 0 saturated carbocycles. The normalized spacial score (nSPS) is 11.8. The molecular weight excluding hydrogens is 645 g/mol. The largest absolute Gasteiger partial charge is 0.353 e. The van der Waals surface area contributed by atoms with Crippen LogP contribution in [0, 0.1) is 0 Å². The van der Waals surface area contributed by atoms with E-state index in [0.29, 0.717) is 0 Å². The van der Waals surface area contributed by atoms with Crippen LogP contribution < -0.4 is 0 Å². The van der Waals surface area contributed by atoms with Crippen LogP contribution in [0.2, 0.25) is 0 Å². The van der Waals surface area contributed by atoms with E-state index in [9.17, 15) is 0 Å². The molecule has 4 heteroatoms. The highest BCUT2D eigenvalue weighted by Crippen LogP contribution is 2.39. The predicted molar refractivity (Wildman–Crippen MR) is 221 cm³/mol. The van der Waals surface area contributed by atoms with Crippen LogP contribution in [0.1, 0.15) is 0 Å². The molecular formula is C49H32N4. The van der Waals surface area contributed by atoms with E-state index in [4.69, 9.17) is 4.98 Å². The Hall–Kier alpha value is -7.17. The highest BCUT2D eigenvalue weighted by Gasteiger charge is 2.18. The predicted octanol–water partition coefficient (Wildman–Crippen LogP) is 12.8. The molecule has 0 unspecified atom stereocenters. The average molecular weight is 677 g/mol. The van der Waals surface area contributed by atoms with Crippen molar-refractivity contribution in [1.29, 1.82) is 0 Å². The number of H-pyrrole nitrogens is 1. The van der Waals surface area contributed by atoms with E-state index >= 15 is 0 Å². The smallest absolute Gasteiger partial charge is 0.138 e. The molecule has 7 aromatic carbocycles. The summed E-state index contributed by atoms with van der Waals surface area (Å²) in [6.45, 7) is 0. The summed E-state index contributed by atoms with van der Waals surface area (Å²) in [4.78, 5) is 9.08. The van der Waals surface area contributed by atoms with Crippen molar-refractivity contribution in [2.45, 2.75) is 0 Å². The highest BCUT2D eigenvalue weighted by atomic mass is 15.1. The van der Waals surface area contributed by atoms with Crippen molar-refractivity contribution in [3.05, 3.63) is 188 Å². The molecule has 53 heavy (non-hydrogen) atoms. The Labute approximate surface area is 305 Å². The molecule has 0 spiro atoms. The van der Waals surface area contributed by atoms with Crippen LogP contribution in [-0.4, -0.2) is 19.1 Å². The van der Waals surface area contributed by atoms with Gasteiger partial charge in [0.25, 0.3) is 0 Å². The van der Waals surface area contributed by atoms with Crippen molar-refractivity contribution in [3.63, 3.8) is 0 Å². The van der Waals surface area contributed by atoms with Crippen LogP contribution in [0.4, 0.5) is 0 Å². The van der Waals surface area contributed by atoms with Crippen LogP contribution >= 0.6 is 0 Å². The molecule has 0 aliphatic carbocycles. The Morgan fingerprint density at radius 3 is 1.92 bits per heavy atom. The van der Waals surface area contributed by atoms with Gasteiger partial charge in [0.05, 0.1) is 27.8 Å². The van der Waals surface area contributed by atoms with Crippen LogP contribution in [0.3, 0.4) is 0 Å². The van der Waals surface area contributed by atoms with Crippen molar-refractivity contribution < 1.29 is 0 Å². The fourth-order valence-corrected chi connectivity index (χ4v) is 8.16. The molecule has 1 N–H and O–H groups in total. The molecule has 0 fully saturated rings. The SMILES string of the molecule is c1ccc(-c2cc(-c3ccccc3)nc(-n3c4ccccc4c4cc(-c5ccc6[nH]c7c(ccc8ccn(-c9ccccc9)c87)c6c5)ccc43)c2)cc1. The molecule has 4 aromatic heterocycles. The summed E-state index contributed by atoms with van der Waals surface area (Å²) in [5, 5.41) is 6.07. The van der Waals surface area contributed by atoms with E-state index in [1.165, 1.54) is 43.6 Å². The summed E-state index contributed by atoms with van der Waals surface area (Å²) >= 11 is 0.